The van der Waals surface area contributed by atoms with E-state index in [1.165, 1.54) is 9.87 Å². The summed E-state index contributed by atoms with van der Waals surface area (Å²) in [4.78, 5) is 0.356. The highest BCUT2D eigenvalue weighted by Gasteiger charge is 2.24. The van der Waals surface area contributed by atoms with Gasteiger partial charge in [-0.05, 0) is 37.5 Å². The topological polar surface area (TPSA) is 58.6 Å². The first-order valence-electron chi connectivity index (χ1n) is 7.54. The molecule has 0 aliphatic carbocycles. The molecule has 5 nitrogen and oxygen atoms in total. The number of likely N-dealkylation sites (N-methyl/N-ethyl adjacent to an activating group) is 1. The normalized spacial score (nSPS) is 14.8. The standard InChI is InChI=1S/C15H24N2O3S/c1-3-17(10-11-20-4-2)21(18,19)14-8-7-13-6-5-9-16-15(13)12-14/h7-8,12,16H,3-6,9-11H2,1-2H3. The molecule has 1 aromatic rings. The molecule has 0 aromatic heterocycles. The van der Waals surface area contributed by atoms with Crippen LogP contribution in [0.4, 0.5) is 5.69 Å². The van der Waals surface area contributed by atoms with E-state index in [9.17, 15) is 8.42 Å². The number of nitrogens with zero attached hydrogens (tertiary/aromatic N) is 1. The van der Waals surface area contributed by atoms with Crippen molar-refractivity contribution < 1.29 is 13.2 Å². The monoisotopic (exact) mass is 312 g/mol. The first-order chi connectivity index (χ1) is 10.1. The summed E-state index contributed by atoms with van der Waals surface area (Å²) in [6, 6.07) is 5.39. The van der Waals surface area contributed by atoms with Gasteiger partial charge in [-0.15, -0.1) is 0 Å². The molecule has 0 atom stereocenters. The van der Waals surface area contributed by atoms with Gasteiger partial charge in [-0.1, -0.05) is 13.0 Å². The second-order valence-electron chi connectivity index (χ2n) is 5.04. The highest BCUT2D eigenvalue weighted by molar-refractivity contribution is 7.89. The number of rotatable bonds is 7. The summed E-state index contributed by atoms with van der Waals surface area (Å²) in [5.41, 5.74) is 2.14. The molecule has 0 amide bonds. The number of hydrogen-bond donors (Lipinski definition) is 1. The lowest BCUT2D eigenvalue weighted by atomic mass is 10.0. The van der Waals surface area contributed by atoms with Crippen LogP contribution in [0.1, 0.15) is 25.8 Å². The molecule has 1 N–H and O–H groups in total. The molecule has 0 fully saturated rings. The Morgan fingerprint density at radius 2 is 2.14 bits per heavy atom. The Morgan fingerprint density at radius 1 is 1.33 bits per heavy atom. The van der Waals surface area contributed by atoms with Gasteiger partial charge in [-0.2, -0.15) is 4.31 Å². The Kier molecular flexibility index (Phi) is 5.61. The van der Waals surface area contributed by atoms with E-state index >= 15 is 0 Å². The fourth-order valence-corrected chi connectivity index (χ4v) is 3.97. The molecule has 21 heavy (non-hydrogen) atoms. The maximum absolute atomic E-state index is 12.7. The Morgan fingerprint density at radius 3 is 2.86 bits per heavy atom. The first kappa shape index (κ1) is 16.3. The Hall–Kier alpha value is -1.11. The average molecular weight is 312 g/mol. The molecule has 0 spiro atoms. The zero-order chi connectivity index (χ0) is 15.3. The van der Waals surface area contributed by atoms with E-state index in [-0.39, 0.29) is 0 Å². The van der Waals surface area contributed by atoms with Gasteiger partial charge < -0.3 is 10.1 Å². The molecule has 1 aliphatic heterocycles. The molecular weight excluding hydrogens is 288 g/mol. The Labute approximate surface area is 127 Å². The number of aryl methyl sites for hydroxylation is 1. The maximum atomic E-state index is 12.7. The third-order valence-electron chi connectivity index (χ3n) is 3.70. The van der Waals surface area contributed by atoms with Crippen molar-refractivity contribution in [2.75, 3.05) is 38.2 Å². The Balaban J connectivity index is 2.21. The fraction of sp³-hybridized carbons (Fsp3) is 0.600. The van der Waals surface area contributed by atoms with Crippen molar-refractivity contribution in [1.29, 1.82) is 0 Å². The van der Waals surface area contributed by atoms with Crippen molar-refractivity contribution in [1.82, 2.24) is 4.31 Å². The fourth-order valence-electron chi connectivity index (χ4n) is 2.51. The number of anilines is 1. The van der Waals surface area contributed by atoms with Gasteiger partial charge >= 0.3 is 0 Å². The lowest BCUT2D eigenvalue weighted by molar-refractivity contribution is 0.135. The van der Waals surface area contributed by atoms with E-state index in [0.29, 0.717) is 31.2 Å². The summed E-state index contributed by atoms with van der Waals surface area (Å²) in [5.74, 6) is 0. The summed E-state index contributed by atoms with van der Waals surface area (Å²) in [7, 11) is -3.45. The minimum Gasteiger partial charge on any atom is -0.385 e. The molecule has 2 rings (SSSR count). The van der Waals surface area contributed by atoms with E-state index < -0.39 is 10.0 Å². The highest BCUT2D eigenvalue weighted by Crippen LogP contribution is 2.26. The van der Waals surface area contributed by atoms with Crippen LogP contribution in [0.25, 0.3) is 0 Å². The molecule has 0 radical (unpaired) electrons. The van der Waals surface area contributed by atoms with Crippen molar-refractivity contribution in [3.63, 3.8) is 0 Å². The number of benzene rings is 1. The van der Waals surface area contributed by atoms with E-state index in [2.05, 4.69) is 5.32 Å². The average Bonchev–Trinajstić information content (AvgIpc) is 2.51. The van der Waals surface area contributed by atoms with Crippen LogP contribution in [0.3, 0.4) is 0 Å². The third-order valence-corrected chi connectivity index (χ3v) is 5.67. The van der Waals surface area contributed by atoms with Crippen LogP contribution in [0.2, 0.25) is 0 Å². The van der Waals surface area contributed by atoms with E-state index in [4.69, 9.17) is 4.74 Å². The van der Waals surface area contributed by atoms with Crippen LogP contribution in [0, 0.1) is 0 Å². The van der Waals surface area contributed by atoms with E-state index in [0.717, 1.165) is 25.1 Å². The van der Waals surface area contributed by atoms with E-state index in [1.54, 1.807) is 12.1 Å². The molecule has 0 saturated heterocycles. The lowest BCUT2D eigenvalue weighted by Gasteiger charge is -2.23. The predicted molar refractivity (Wildman–Crippen MR) is 84.2 cm³/mol. The van der Waals surface area contributed by atoms with Crippen LogP contribution >= 0.6 is 0 Å². The minimum absolute atomic E-state index is 0.356. The molecule has 1 heterocycles. The summed E-state index contributed by atoms with van der Waals surface area (Å²) in [5, 5.41) is 3.28. The summed E-state index contributed by atoms with van der Waals surface area (Å²) < 4.78 is 32.1. The second-order valence-corrected chi connectivity index (χ2v) is 6.98. The highest BCUT2D eigenvalue weighted by atomic mass is 32.2. The molecular formula is C15H24N2O3S. The molecule has 1 aromatic carbocycles. The number of hydrogen-bond acceptors (Lipinski definition) is 4. The number of ether oxygens (including phenoxy) is 1. The number of fused-ring (bicyclic) bond motifs is 1. The van der Waals surface area contributed by atoms with Crippen LogP contribution in [0.5, 0.6) is 0 Å². The summed E-state index contributed by atoms with van der Waals surface area (Å²) in [6.07, 6.45) is 2.10. The summed E-state index contributed by atoms with van der Waals surface area (Å²) >= 11 is 0. The van der Waals surface area contributed by atoms with Crippen molar-refractivity contribution in [2.45, 2.75) is 31.6 Å². The molecule has 6 heteroatoms. The smallest absolute Gasteiger partial charge is 0.243 e. The lowest BCUT2D eigenvalue weighted by Crippen LogP contribution is -2.34. The number of sulfonamides is 1. The Bertz CT molecular complexity index is 572. The molecule has 1 aliphatic rings. The largest absolute Gasteiger partial charge is 0.385 e. The zero-order valence-corrected chi connectivity index (χ0v) is 13.6. The third kappa shape index (κ3) is 3.75. The van der Waals surface area contributed by atoms with Crippen LogP contribution in [0.15, 0.2) is 23.1 Å². The molecule has 0 saturated carbocycles. The first-order valence-corrected chi connectivity index (χ1v) is 8.98. The van der Waals surface area contributed by atoms with Gasteiger partial charge in [0.05, 0.1) is 11.5 Å². The van der Waals surface area contributed by atoms with Gasteiger partial charge in [0.1, 0.15) is 0 Å². The van der Waals surface area contributed by atoms with Gasteiger partial charge in [0.25, 0.3) is 0 Å². The van der Waals surface area contributed by atoms with Gasteiger partial charge in [-0.3, -0.25) is 0 Å². The summed E-state index contributed by atoms with van der Waals surface area (Å²) in [6.45, 7) is 6.50. The van der Waals surface area contributed by atoms with Crippen LogP contribution < -0.4 is 5.32 Å². The van der Waals surface area contributed by atoms with Gasteiger partial charge in [0, 0.05) is 31.9 Å². The predicted octanol–water partition coefficient (Wildman–Crippen LogP) is 2.09. The molecule has 0 bridgehead atoms. The maximum Gasteiger partial charge on any atom is 0.243 e. The van der Waals surface area contributed by atoms with Gasteiger partial charge in [0.2, 0.25) is 10.0 Å². The SMILES string of the molecule is CCOCCN(CC)S(=O)(=O)c1ccc2c(c1)NCCC2. The zero-order valence-electron chi connectivity index (χ0n) is 12.8. The molecule has 0 unspecified atom stereocenters. The van der Waals surface area contributed by atoms with Crippen molar-refractivity contribution in [3.05, 3.63) is 23.8 Å². The van der Waals surface area contributed by atoms with E-state index in [1.807, 2.05) is 19.9 Å². The van der Waals surface area contributed by atoms with Crippen LogP contribution in [-0.4, -0.2) is 45.6 Å². The quantitative estimate of drug-likeness (QED) is 0.783. The van der Waals surface area contributed by atoms with Gasteiger partial charge in [0.15, 0.2) is 0 Å². The van der Waals surface area contributed by atoms with Gasteiger partial charge in [-0.25, -0.2) is 8.42 Å². The minimum atomic E-state index is -3.45. The second kappa shape index (κ2) is 7.24. The van der Waals surface area contributed by atoms with Crippen molar-refractivity contribution >= 4 is 15.7 Å². The van der Waals surface area contributed by atoms with Crippen molar-refractivity contribution in [2.24, 2.45) is 0 Å². The number of nitrogens with one attached hydrogen (secondary N) is 1. The molecule has 118 valence electrons. The van der Waals surface area contributed by atoms with Crippen LogP contribution in [-0.2, 0) is 21.2 Å². The van der Waals surface area contributed by atoms with Crippen molar-refractivity contribution in [3.8, 4) is 0 Å².